The van der Waals surface area contributed by atoms with Crippen molar-refractivity contribution in [2.45, 2.75) is 28.8 Å². The van der Waals surface area contributed by atoms with E-state index < -0.39 is 0 Å². The summed E-state index contributed by atoms with van der Waals surface area (Å²) in [4.78, 5) is 29.7. The fraction of sp³-hybridized carbons (Fsp3) is 0.136. The Labute approximate surface area is 173 Å². The van der Waals surface area contributed by atoms with E-state index in [1.807, 2.05) is 30.3 Å². The lowest BCUT2D eigenvalue weighted by Gasteiger charge is -2.10. The average molecular weight is 404 g/mol. The molecule has 0 bridgehead atoms. The highest BCUT2D eigenvalue weighted by Gasteiger charge is 2.23. The Balaban J connectivity index is 1.36. The molecule has 0 spiro atoms. The van der Waals surface area contributed by atoms with Gasteiger partial charge in [-0.3, -0.25) is 4.79 Å². The van der Waals surface area contributed by atoms with Crippen LogP contribution in [0.3, 0.4) is 0 Å². The largest absolute Gasteiger partial charge is 0.335 e. The molecule has 0 aliphatic heterocycles. The third-order valence-corrected chi connectivity index (χ3v) is 5.23. The van der Waals surface area contributed by atoms with Gasteiger partial charge in [0.1, 0.15) is 5.03 Å². The number of amides is 3. The van der Waals surface area contributed by atoms with Gasteiger partial charge in [0.2, 0.25) is 0 Å². The van der Waals surface area contributed by atoms with Crippen LogP contribution in [0.4, 0.5) is 16.2 Å². The van der Waals surface area contributed by atoms with Gasteiger partial charge >= 0.3 is 6.03 Å². The molecule has 6 nitrogen and oxygen atoms in total. The topological polar surface area (TPSA) is 83.1 Å². The first-order valence-corrected chi connectivity index (χ1v) is 10.2. The van der Waals surface area contributed by atoms with Gasteiger partial charge in [0.05, 0.1) is 0 Å². The van der Waals surface area contributed by atoms with Gasteiger partial charge in [0.15, 0.2) is 0 Å². The number of hydrogen-bond acceptors (Lipinski definition) is 4. The molecular formula is C22H20N4O2S. The number of nitrogens with one attached hydrogen (secondary N) is 3. The van der Waals surface area contributed by atoms with Crippen molar-refractivity contribution < 1.29 is 9.59 Å². The predicted octanol–water partition coefficient (Wildman–Crippen LogP) is 4.77. The fourth-order valence-corrected chi connectivity index (χ4v) is 3.43. The Kier molecular flexibility index (Phi) is 5.76. The molecular weight excluding hydrogens is 384 g/mol. The van der Waals surface area contributed by atoms with Crippen LogP contribution in [0.25, 0.3) is 0 Å². The second-order valence-corrected chi connectivity index (χ2v) is 7.80. The summed E-state index contributed by atoms with van der Waals surface area (Å²) in [5, 5.41) is 9.42. The Morgan fingerprint density at radius 1 is 0.897 bits per heavy atom. The highest BCUT2D eigenvalue weighted by molar-refractivity contribution is 7.99. The van der Waals surface area contributed by atoms with Gasteiger partial charge in [-0.15, -0.1) is 0 Å². The second-order valence-electron chi connectivity index (χ2n) is 6.70. The first-order valence-electron chi connectivity index (χ1n) is 9.33. The van der Waals surface area contributed by atoms with Crippen LogP contribution in [0.1, 0.15) is 23.2 Å². The Bertz CT molecular complexity index is 1000. The van der Waals surface area contributed by atoms with Crippen molar-refractivity contribution in [1.29, 1.82) is 0 Å². The van der Waals surface area contributed by atoms with Crippen LogP contribution in [0.15, 0.2) is 82.8 Å². The number of rotatable bonds is 6. The van der Waals surface area contributed by atoms with Gasteiger partial charge in [-0.2, -0.15) is 0 Å². The summed E-state index contributed by atoms with van der Waals surface area (Å²) in [5.74, 6) is -0.209. The smallest absolute Gasteiger partial charge is 0.319 e. The van der Waals surface area contributed by atoms with E-state index in [1.54, 1.807) is 42.6 Å². The number of carbonyl (C=O) groups excluding carboxylic acids is 2. The number of anilines is 2. The number of aromatic nitrogens is 1. The lowest BCUT2D eigenvalue weighted by Crippen LogP contribution is -2.30. The molecule has 1 aliphatic rings. The standard InChI is InChI=1S/C22H20N4O2S/c27-21(15-7-11-19(12-8-15)29-20-6-1-2-13-23-20)24-17-4-3-5-18(14-17)26-22(28)25-16-9-10-16/h1-8,11-14,16H,9-10H2,(H,24,27)(H2,25,26,28). The summed E-state index contributed by atoms with van der Waals surface area (Å²) < 4.78 is 0. The summed E-state index contributed by atoms with van der Waals surface area (Å²) in [5.41, 5.74) is 1.80. The molecule has 1 heterocycles. The van der Waals surface area contributed by atoms with Crippen molar-refractivity contribution >= 4 is 35.1 Å². The maximum Gasteiger partial charge on any atom is 0.319 e. The monoisotopic (exact) mass is 404 g/mol. The normalized spacial score (nSPS) is 12.8. The average Bonchev–Trinajstić information content (AvgIpc) is 3.53. The Morgan fingerprint density at radius 3 is 2.34 bits per heavy atom. The molecule has 3 aromatic rings. The number of pyridine rings is 1. The van der Waals surface area contributed by atoms with Gasteiger partial charge in [0.25, 0.3) is 5.91 Å². The van der Waals surface area contributed by atoms with E-state index in [0.29, 0.717) is 16.9 Å². The van der Waals surface area contributed by atoms with E-state index >= 15 is 0 Å². The van der Waals surface area contributed by atoms with Crippen molar-refractivity contribution in [2.24, 2.45) is 0 Å². The summed E-state index contributed by atoms with van der Waals surface area (Å²) >= 11 is 1.54. The molecule has 4 rings (SSSR count). The van der Waals surface area contributed by atoms with Crippen LogP contribution in [-0.4, -0.2) is 23.0 Å². The summed E-state index contributed by atoms with van der Waals surface area (Å²) in [7, 11) is 0. The van der Waals surface area contributed by atoms with Crippen molar-refractivity contribution in [2.75, 3.05) is 10.6 Å². The molecule has 7 heteroatoms. The molecule has 1 aliphatic carbocycles. The van der Waals surface area contributed by atoms with E-state index in [2.05, 4.69) is 20.9 Å². The highest BCUT2D eigenvalue weighted by Crippen LogP contribution is 2.26. The molecule has 1 fully saturated rings. The first kappa shape index (κ1) is 19.0. The first-order chi connectivity index (χ1) is 14.2. The summed E-state index contributed by atoms with van der Waals surface area (Å²) in [6, 6.07) is 20.3. The van der Waals surface area contributed by atoms with Crippen LogP contribution in [0.2, 0.25) is 0 Å². The number of benzene rings is 2. The van der Waals surface area contributed by atoms with Crippen LogP contribution < -0.4 is 16.0 Å². The molecule has 3 amide bonds. The molecule has 2 aromatic carbocycles. The molecule has 1 saturated carbocycles. The van der Waals surface area contributed by atoms with Gasteiger partial charge in [-0.1, -0.05) is 23.9 Å². The van der Waals surface area contributed by atoms with Crippen molar-refractivity contribution in [1.82, 2.24) is 10.3 Å². The van der Waals surface area contributed by atoms with Gasteiger partial charge in [-0.05, 0) is 67.4 Å². The summed E-state index contributed by atoms with van der Waals surface area (Å²) in [6.07, 6.45) is 3.81. The minimum absolute atomic E-state index is 0.209. The van der Waals surface area contributed by atoms with E-state index in [-0.39, 0.29) is 18.0 Å². The van der Waals surface area contributed by atoms with Gasteiger partial charge in [0, 0.05) is 34.1 Å². The quantitative estimate of drug-likeness (QED) is 0.553. The Hall–Kier alpha value is -3.32. The molecule has 146 valence electrons. The van der Waals surface area contributed by atoms with E-state index in [9.17, 15) is 9.59 Å². The zero-order chi connectivity index (χ0) is 20.1. The second kappa shape index (κ2) is 8.79. The lowest BCUT2D eigenvalue weighted by molar-refractivity contribution is 0.102. The SMILES string of the molecule is O=C(Nc1cccc(NC(=O)c2ccc(Sc3ccccn3)cc2)c1)NC1CC1. The van der Waals surface area contributed by atoms with Crippen LogP contribution in [0, 0.1) is 0 Å². The zero-order valence-corrected chi connectivity index (χ0v) is 16.4. The molecule has 3 N–H and O–H groups in total. The number of hydrogen-bond donors (Lipinski definition) is 3. The van der Waals surface area contributed by atoms with Gasteiger partial charge in [-0.25, -0.2) is 9.78 Å². The lowest BCUT2D eigenvalue weighted by atomic mass is 10.2. The summed E-state index contributed by atoms with van der Waals surface area (Å²) in [6.45, 7) is 0. The molecule has 0 radical (unpaired) electrons. The third kappa shape index (κ3) is 5.58. The van der Waals surface area contributed by atoms with Crippen LogP contribution >= 0.6 is 11.8 Å². The fourth-order valence-electron chi connectivity index (χ4n) is 2.66. The van der Waals surface area contributed by atoms with Gasteiger partial charge < -0.3 is 16.0 Å². The van der Waals surface area contributed by atoms with Crippen molar-refractivity contribution in [3.8, 4) is 0 Å². The molecule has 0 saturated heterocycles. The maximum absolute atomic E-state index is 12.5. The number of urea groups is 1. The molecule has 0 atom stereocenters. The number of carbonyl (C=O) groups is 2. The molecule has 29 heavy (non-hydrogen) atoms. The third-order valence-electron chi connectivity index (χ3n) is 4.27. The zero-order valence-electron chi connectivity index (χ0n) is 15.6. The van der Waals surface area contributed by atoms with E-state index in [0.717, 1.165) is 22.8 Å². The minimum atomic E-state index is -0.225. The van der Waals surface area contributed by atoms with Crippen LogP contribution in [-0.2, 0) is 0 Å². The molecule has 0 unspecified atom stereocenters. The van der Waals surface area contributed by atoms with Crippen molar-refractivity contribution in [3.63, 3.8) is 0 Å². The van der Waals surface area contributed by atoms with Crippen LogP contribution in [0.5, 0.6) is 0 Å². The molecule has 1 aromatic heterocycles. The van der Waals surface area contributed by atoms with E-state index in [4.69, 9.17) is 0 Å². The van der Waals surface area contributed by atoms with E-state index in [1.165, 1.54) is 11.8 Å². The predicted molar refractivity (Wildman–Crippen MR) is 114 cm³/mol. The Morgan fingerprint density at radius 2 is 1.66 bits per heavy atom. The minimum Gasteiger partial charge on any atom is -0.335 e. The maximum atomic E-state index is 12.5. The van der Waals surface area contributed by atoms with Crippen molar-refractivity contribution in [3.05, 3.63) is 78.5 Å². The number of nitrogens with zero attached hydrogens (tertiary/aromatic N) is 1. The highest BCUT2D eigenvalue weighted by atomic mass is 32.2.